The fourth-order valence-electron chi connectivity index (χ4n) is 3.46. The summed E-state index contributed by atoms with van der Waals surface area (Å²) in [5, 5.41) is 0. The van der Waals surface area contributed by atoms with Crippen molar-refractivity contribution in [2.24, 2.45) is 11.7 Å². The summed E-state index contributed by atoms with van der Waals surface area (Å²) in [4.78, 5) is 7.08. The molecule has 0 aromatic carbocycles. The summed E-state index contributed by atoms with van der Waals surface area (Å²) in [5.41, 5.74) is 7.40. The van der Waals surface area contributed by atoms with Gasteiger partial charge in [0.05, 0.1) is 11.9 Å². The predicted octanol–water partition coefficient (Wildman–Crippen LogP) is 1.56. The summed E-state index contributed by atoms with van der Waals surface area (Å²) < 4.78 is 2.38. The van der Waals surface area contributed by atoms with Crippen LogP contribution in [0.1, 0.15) is 43.2 Å². The molecule has 1 saturated heterocycles. The first kappa shape index (κ1) is 12.2. The van der Waals surface area contributed by atoms with Crippen LogP contribution in [0.15, 0.2) is 6.20 Å². The summed E-state index contributed by atoms with van der Waals surface area (Å²) in [5.74, 6) is 2.04. The van der Waals surface area contributed by atoms with E-state index in [1.165, 1.54) is 43.9 Å². The molecular weight excluding hydrogens is 224 g/mol. The van der Waals surface area contributed by atoms with Gasteiger partial charge in [-0.25, -0.2) is 4.98 Å². The molecule has 4 heteroatoms. The van der Waals surface area contributed by atoms with Crippen LogP contribution in [0, 0.1) is 5.92 Å². The van der Waals surface area contributed by atoms with Crippen LogP contribution in [-0.4, -0.2) is 34.6 Å². The summed E-state index contributed by atoms with van der Waals surface area (Å²) in [6.07, 6.45) is 8.11. The van der Waals surface area contributed by atoms with Crippen molar-refractivity contribution in [1.82, 2.24) is 14.5 Å². The second-order valence-corrected chi connectivity index (χ2v) is 5.97. The first-order valence-corrected chi connectivity index (χ1v) is 7.22. The number of hydrogen-bond donors (Lipinski definition) is 1. The van der Waals surface area contributed by atoms with E-state index in [0.29, 0.717) is 0 Å². The monoisotopic (exact) mass is 248 g/mol. The highest BCUT2D eigenvalue weighted by Crippen LogP contribution is 2.26. The van der Waals surface area contributed by atoms with Gasteiger partial charge in [-0.05, 0) is 45.2 Å². The highest BCUT2D eigenvalue weighted by Gasteiger charge is 2.23. The second-order valence-electron chi connectivity index (χ2n) is 5.97. The van der Waals surface area contributed by atoms with E-state index < -0.39 is 0 Å². The average molecular weight is 248 g/mol. The molecule has 1 aromatic heterocycles. The van der Waals surface area contributed by atoms with Gasteiger partial charge in [-0.2, -0.15) is 0 Å². The number of hydrogen-bond acceptors (Lipinski definition) is 3. The predicted molar refractivity (Wildman–Crippen MR) is 72.3 cm³/mol. The largest absolute Gasteiger partial charge is 0.331 e. The Morgan fingerprint density at radius 2 is 2.17 bits per heavy atom. The third-order valence-corrected chi connectivity index (χ3v) is 4.44. The van der Waals surface area contributed by atoms with Gasteiger partial charge < -0.3 is 15.2 Å². The van der Waals surface area contributed by atoms with E-state index in [4.69, 9.17) is 5.73 Å². The molecule has 0 bridgehead atoms. The standard InChI is InChI=1S/C14H24N4/c1-17-6-2-4-11(10-17)8-14-16-9-13-12(15)5-3-7-18(13)14/h9,11-12H,2-8,10,15H2,1H3. The number of fused-ring (bicyclic) bond motifs is 1. The molecule has 1 fully saturated rings. The fraction of sp³-hybridized carbons (Fsp3) is 0.786. The van der Waals surface area contributed by atoms with E-state index in [1.807, 2.05) is 6.20 Å². The Kier molecular flexibility index (Phi) is 3.39. The molecule has 2 aliphatic rings. The van der Waals surface area contributed by atoms with Gasteiger partial charge in [0.1, 0.15) is 5.82 Å². The van der Waals surface area contributed by atoms with Crippen LogP contribution in [-0.2, 0) is 13.0 Å². The molecule has 4 nitrogen and oxygen atoms in total. The smallest absolute Gasteiger partial charge is 0.109 e. The van der Waals surface area contributed by atoms with Crippen LogP contribution in [0.3, 0.4) is 0 Å². The van der Waals surface area contributed by atoms with Gasteiger partial charge in [-0.1, -0.05) is 0 Å². The lowest BCUT2D eigenvalue weighted by Gasteiger charge is -2.30. The molecule has 2 atom stereocenters. The number of piperidine rings is 1. The summed E-state index contributed by atoms with van der Waals surface area (Å²) >= 11 is 0. The van der Waals surface area contributed by atoms with E-state index in [-0.39, 0.29) is 6.04 Å². The van der Waals surface area contributed by atoms with Gasteiger partial charge in [-0.3, -0.25) is 0 Å². The molecule has 2 aliphatic heterocycles. The summed E-state index contributed by atoms with van der Waals surface area (Å²) in [6, 6.07) is 0.203. The zero-order valence-electron chi connectivity index (χ0n) is 11.3. The molecule has 0 radical (unpaired) electrons. The SMILES string of the molecule is CN1CCCC(Cc2ncc3n2CCCC3N)C1. The Morgan fingerprint density at radius 1 is 1.33 bits per heavy atom. The number of aromatic nitrogens is 2. The second kappa shape index (κ2) is 5.02. The van der Waals surface area contributed by atoms with Crippen molar-refractivity contribution >= 4 is 0 Å². The van der Waals surface area contributed by atoms with Crippen molar-refractivity contribution in [2.75, 3.05) is 20.1 Å². The van der Waals surface area contributed by atoms with Gasteiger partial charge >= 0.3 is 0 Å². The van der Waals surface area contributed by atoms with Gasteiger partial charge in [0, 0.05) is 25.6 Å². The molecule has 2 unspecified atom stereocenters. The van der Waals surface area contributed by atoms with Crippen LogP contribution >= 0.6 is 0 Å². The molecule has 0 saturated carbocycles. The van der Waals surface area contributed by atoms with E-state index >= 15 is 0 Å². The van der Waals surface area contributed by atoms with Crippen molar-refractivity contribution in [3.8, 4) is 0 Å². The molecule has 2 N–H and O–H groups in total. The summed E-state index contributed by atoms with van der Waals surface area (Å²) in [6.45, 7) is 3.58. The minimum Gasteiger partial charge on any atom is -0.331 e. The Hall–Kier alpha value is -0.870. The highest BCUT2D eigenvalue weighted by atomic mass is 15.1. The van der Waals surface area contributed by atoms with Gasteiger partial charge in [0.15, 0.2) is 0 Å². The van der Waals surface area contributed by atoms with Gasteiger partial charge in [0.25, 0.3) is 0 Å². The molecule has 3 heterocycles. The molecule has 0 aliphatic carbocycles. The topological polar surface area (TPSA) is 47.1 Å². The number of rotatable bonds is 2. The van der Waals surface area contributed by atoms with Crippen molar-refractivity contribution in [3.63, 3.8) is 0 Å². The Morgan fingerprint density at radius 3 is 3.00 bits per heavy atom. The number of likely N-dealkylation sites (tertiary alicyclic amines) is 1. The third-order valence-electron chi connectivity index (χ3n) is 4.44. The first-order chi connectivity index (χ1) is 8.74. The van der Waals surface area contributed by atoms with Gasteiger partial charge in [-0.15, -0.1) is 0 Å². The lowest BCUT2D eigenvalue weighted by Crippen LogP contribution is -2.33. The maximum absolute atomic E-state index is 6.15. The normalized spacial score (nSPS) is 29.2. The Labute approximate surface area is 109 Å². The molecule has 18 heavy (non-hydrogen) atoms. The molecular formula is C14H24N4. The summed E-state index contributed by atoms with van der Waals surface area (Å²) in [7, 11) is 2.23. The molecule has 0 amide bonds. The van der Waals surface area contributed by atoms with Crippen molar-refractivity contribution < 1.29 is 0 Å². The maximum Gasteiger partial charge on any atom is 0.109 e. The van der Waals surface area contributed by atoms with Crippen LogP contribution in [0.5, 0.6) is 0 Å². The number of nitrogens with two attached hydrogens (primary N) is 1. The molecule has 0 spiro atoms. The van der Waals surface area contributed by atoms with Crippen molar-refractivity contribution in [1.29, 1.82) is 0 Å². The number of imidazole rings is 1. The molecule has 1 aromatic rings. The van der Waals surface area contributed by atoms with E-state index in [9.17, 15) is 0 Å². The Balaban J connectivity index is 1.73. The quantitative estimate of drug-likeness (QED) is 0.864. The minimum atomic E-state index is 0.203. The first-order valence-electron chi connectivity index (χ1n) is 7.22. The molecule has 3 rings (SSSR count). The van der Waals surface area contributed by atoms with Crippen LogP contribution in [0.4, 0.5) is 0 Å². The van der Waals surface area contributed by atoms with Crippen LogP contribution in [0.25, 0.3) is 0 Å². The highest BCUT2D eigenvalue weighted by molar-refractivity contribution is 5.12. The Bertz CT molecular complexity index is 412. The van der Waals surface area contributed by atoms with E-state index in [2.05, 4.69) is 21.5 Å². The van der Waals surface area contributed by atoms with Crippen molar-refractivity contribution in [2.45, 2.75) is 44.7 Å². The minimum absolute atomic E-state index is 0.203. The van der Waals surface area contributed by atoms with Gasteiger partial charge in [0.2, 0.25) is 0 Å². The van der Waals surface area contributed by atoms with E-state index in [0.717, 1.165) is 25.3 Å². The lowest BCUT2D eigenvalue weighted by atomic mass is 9.94. The van der Waals surface area contributed by atoms with Crippen molar-refractivity contribution in [3.05, 3.63) is 17.7 Å². The zero-order chi connectivity index (χ0) is 12.5. The fourth-order valence-corrected chi connectivity index (χ4v) is 3.46. The van der Waals surface area contributed by atoms with Crippen LogP contribution in [0.2, 0.25) is 0 Å². The molecule has 100 valence electrons. The third kappa shape index (κ3) is 2.31. The zero-order valence-corrected chi connectivity index (χ0v) is 11.3. The number of nitrogens with zero attached hydrogens (tertiary/aromatic N) is 3. The lowest BCUT2D eigenvalue weighted by molar-refractivity contribution is 0.206. The average Bonchev–Trinajstić information content (AvgIpc) is 2.74. The van der Waals surface area contributed by atoms with E-state index in [1.54, 1.807) is 0 Å². The van der Waals surface area contributed by atoms with Crippen LogP contribution < -0.4 is 5.73 Å². The maximum atomic E-state index is 6.15.